The Labute approximate surface area is 97.5 Å². The van der Waals surface area contributed by atoms with E-state index in [1.807, 2.05) is 0 Å². The molecule has 2 fully saturated rings. The molecule has 2 aliphatic heterocycles. The van der Waals surface area contributed by atoms with Gasteiger partial charge in [-0.25, -0.2) is 0 Å². The van der Waals surface area contributed by atoms with Crippen molar-refractivity contribution < 1.29 is 14.6 Å². The first kappa shape index (κ1) is 12.3. The molecular formula is C12H23NO3. The maximum Gasteiger partial charge on any atom is 0.0698 e. The van der Waals surface area contributed by atoms with E-state index >= 15 is 0 Å². The minimum atomic E-state index is 0.127. The smallest absolute Gasteiger partial charge is 0.0698 e. The van der Waals surface area contributed by atoms with Gasteiger partial charge in [0.1, 0.15) is 0 Å². The van der Waals surface area contributed by atoms with Gasteiger partial charge >= 0.3 is 0 Å². The summed E-state index contributed by atoms with van der Waals surface area (Å²) in [6, 6.07) is 0. The van der Waals surface area contributed by atoms with Gasteiger partial charge in [-0.1, -0.05) is 0 Å². The Bertz CT molecular complexity index is 195. The van der Waals surface area contributed by atoms with Crippen molar-refractivity contribution in [3.05, 3.63) is 0 Å². The Morgan fingerprint density at radius 2 is 2.19 bits per heavy atom. The number of hydrogen-bond acceptors (Lipinski definition) is 4. The lowest BCUT2D eigenvalue weighted by molar-refractivity contribution is 0.0767. The number of ether oxygens (including phenoxy) is 2. The molecule has 1 N–H and O–H groups in total. The van der Waals surface area contributed by atoms with E-state index in [2.05, 4.69) is 4.90 Å². The maximum absolute atomic E-state index is 8.59. The van der Waals surface area contributed by atoms with Gasteiger partial charge in [0.05, 0.1) is 19.8 Å². The van der Waals surface area contributed by atoms with Gasteiger partial charge < -0.3 is 19.5 Å². The van der Waals surface area contributed by atoms with Crippen LogP contribution in [-0.4, -0.2) is 62.7 Å². The first-order valence-electron chi connectivity index (χ1n) is 6.39. The topological polar surface area (TPSA) is 41.9 Å². The van der Waals surface area contributed by atoms with E-state index in [0.29, 0.717) is 6.61 Å². The van der Waals surface area contributed by atoms with Gasteiger partial charge in [0, 0.05) is 26.3 Å². The highest BCUT2D eigenvalue weighted by atomic mass is 16.5. The molecule has 0 aromatic heterocycles. The van der Waals surface area contributed by atoms with Crippen molar-refractivity contribution in [1.29, 1.82) is 0 Å². The Hall–Kier alpha value is -0.160. The number of likely N-dealkylation sites (tertiary alicyclic amines) is 1. The first-order valence-corrected chi connectivity index (χ1v) is 6.39. The van der Waals surface area contributed by atoms with E-state index in [0.717, 1.165) is 38.2 Å². The SMILES string of the molecule is OCCOCCN1CC[C@H]([C@@H]2CCOC2)C1. The summed E-state index contributed by atoms with van der Waals surface area (Å²) < 4.78 is 10.7. The van der Waals surface area contributed by atoms with Crippen molar-refractivity contribution in [1.82, 2.24) is 4.90 Å². The molecule has 0 aliphatic carbocycles. The third-order valence-corrected chi connectivity index (χ3v) is 3.73. The van der Waals surface area contributed by atoms with E-state index in [9.17, 15) is 0 Å². The fourth-order valence-electron chi connectivity index (χ4n) is 2.74. The van der Waals surface area contributed by atoms with Gasteiger partial charge in [0.2, 0.25) is 0 Å². The molecule has 4 heteroatoms. The molecule has 2 aliphatic rings. The van der Waals surface area contributed by atoms with Crippen molar-refractivity contribution in [2.24, 2.45) is 11.8 Å². The number of aliphatic hydroxyl groups is 1. The van der Waals surface area contributed by atoms with Gasteiger partial charge in [-0.3, -0.25) is 0 Å². The fraction of sp³-hybridized carbons (Fsp3) is 1.00. The fourth-order valence-corrected chi connectivity index (χ4v) is 2.74. The quantitative estimate of drug-likeness (QED) is 0.668. The van der Waals surface area contributed by atoms with E-state index in [4.69, 9.17) is 14.6 Å². The second kappa shape index (κ2) is 6.55. The molecule has 0 unspecified atom stereocenters. The summed E-state index contributed by atoms with van der Waals surface area (Å²) in [7, 11) is 0. The van der Waals surface area contributed by atoms with Crippen molar-refractivity contribution in [3.8, 4) is 0 Å². The van der Waals surface area contributed by atoms with Crippen LogP contribution >= 0.6 is 0 Å². The Balaban J connectivity index is 1.59. The average Bonchev–Trinajstić information content (AvgIpc) is 2.94. The molecule has 2 saturated heterocycles. The lowest BCUT2D eigenvalue weighted by Crippen LogP contribution is -2.27. The van der Waals surface area contributed by atoms with Crippen LogP contribution in [0, 0.1) is 11.8 Å². The number of hydrogen-bond donors (Lipinski definition) is 1. The van der Waals surface area contributed by atoms with Crippen LogP contribution in [0.4, 0.5) is 0 Å². The maximum atomic E-state index is 8.59. The monoisotopic (exact) mass is 229 g/mol. The summed E-state index contributed by atoms with van der Waals surface area (Å²) in [5.41, 5.74) is 0. The van der Waals surface area contributed by atoms with Crippen LogP contribution in [0.15, 0.2) is 0 Å². The Morgan fingerprint density at radius 3 is 2.94 bits per heavy atom. The van der Waals surface area contributed by atoms with Gasteiger partial charge in [-0.05, 0) is 31.2 Å². The molecular weight excluding hydrogens is 206 g/mol. The highest BCUT2D eigenvalue weighted by molar-refractivity contribution is 4.82. The molecule has 2 heterocycles. The zero-order chi connectivity index (χ0) is 11.2. The second-order valence-corrected chi connectivity index (χ2v) is 4.81. The van der Waals surface area contributed by atoms with Gasteiger partial charge in [-0.15, -0.1) is 0 Å². The number of aliphatic hydroxyl groups excluding tert-OH is 1. The second-order valence-electron chi connectivity index (χ2n) is 4.81. The zero-order valence-corrected chi connectivity index (χ0v) is 9.94. The minimum Gasteiger partial charge on any atom is -0.394 e. The summed E-state index contributed by atoms with van der Waals surface area (Å²) in [6.07, 6.45) is 2.56. The zero-order valence-electron chi connectivity index (χ0n) is 9.94. The summed E-state index contributed by atoms with van der Waals surface area (Å²) in [6.45, 7) is 6.68. The Morgan fingerprint density at radius 1 is 1.25 bits per heavy atom. The van der Waals surface area contributed by atoms with Crippen molar-refractivity contribution in [3.63, 3.8) is 0 Å². The number of rotatable bonds is 6. The van der Waals surface area contributed by atoms with Crippen LogP contribution in [0.5, 0.6) is 0 Å². The molecule has 0 bridgehead atoms. The first-order chi connectivity index (χ1) is 7.90. The molecule has 94 valence electrons. The standard InChI is InChI=1S/C12H23NO3/c14-5-8-15-7-4-13-3-1-11(9-13)12-2-6-16-10-12/h11-12,14H,1-10H2/t11-,12+/m0/s1. The molecule has 0 amide bonds. The van der Waals surface area contributed by atoms with Gasteiger partial charge in [-0.2, -0.15) is 0 Å². The normalized spacial score (nSPS) is 31.3. The molecule has 0 radical (unpaired) electrons. The van der Waals surface area contributed by atoms with Crippen molar-refractivity contribution in [2.75, 3.05) is 52.7 Å². The van der Waals surface area contributed by atoms with Crippen LogP contribution in [0.2, 0.25) is 0 Å². The molecule has 2 rings (SSSR count). The van der Waals surface area contributed by atoms with E-state index < -0.39 is 0 Å². The summed E-state index contributed by atoms with van der Waals surface area (Å²) in [4.78, 5) is 2.47. The van der Waals surface area contributed by atoms with Crippen molar-refractivity contribution in [2.45, 2.75) is 12.8 Å². The third-order valence-electron chi connectivity index (χ3n) is 3.73. The predicted molar refractivity (Wildman–Crippen MR) is 61.4 cm³/mol. The minimum absolute atomic E-state index is 0.127. The van der Waals surface area contributed by atoms with E-state index in [1.165, 1.54) is 25.9 Å². The highest BCUT2D eigenvalue weighted by Crippen LogP contribution is 2.29. The van der Waals surface area contributed by atoms with Crippen LogP contribution in [0.25, 0.3) is 0 Å². The van der Waals surface area contributed by atoms with Crippen LogP contribution in [0.1, 0.15) is 12.8 Å². The largest absolute Gasteiger partial charge is 0.394 e. The molecule has 4 nitrogen and oxygen atoms in total. The predicted octanol–water partition coefficient (Wildman–Crippen LogP) is 0.354. The summed E-state index contributed by atoms with van der Waals surface area (Å²) >= 11 is 0. The van der Waals surface area contributed by atoms with Crippen molar-refractivity contribution >= 4 is 0 Å². The van der Waals surface area contributed by atoms with E-state index in [1.54, 1.807) is 0 Å². The summed E-state index contributed by atoms with van der Waals surface area (Å²) in [5.74, 6) is 1.63. The van der Waals surface area contributed by atoms with Crippen LogP contribution in [0.3, 0.4) is 0 Å². The molecule has 0 aromatic carbocycles. The third kappa shape index (κ3) is 3.42. The molecule has 0 aromatic rings. The molecule has 0 spiro atoms. The van der Waals surface area contributed by atoms with Gasteiger partial charge in [0.25, 0.3) is 0 Å². The van der Waals surface area contributed by atoms with E-state index in [-0.39, 0.29) is 6.61 Å². The van der Waals surface area contributed by atoms with Crippen LogP contribution < -0.4 is 0 Å². The average molecular weight is 229 g/mol. The summed E-state index contributed by atoms with van der Waals surface area (Å²) in [5, 5.41) is 8.59. The lowest BCUT2D eigenvalue weighted by Gasteiger charge is -2.18. The molecule has 2 atom stereocenters. The highest BCUT2D eigenvalue weighted by Gasteiger charge is 2.31. The Kier molecular flexibility index (Phi) is 5.03. The number of nitrogens with zero attached hydrogens (tertiary/aromatic N) is 1. The lowest BCUT2D eigenvalue weighted by atomic mass is 9.91. The molecule has 16 heavy (non-hydrogen) atoms. The van der Waals surface area contributed by atoms with Gasteiger partial charge in [0.15, 0.2) is 0 Å². The molecule has 0 saturated carbocycles. The van der Waals surface area contributed by atoms with Crippen LogP contribution in [-0.2, 0) is 9.47 Å².